The minimum Gasteiger partial charge on any atom is -0.481 e. The van der Waals surface area contributed by atoms with Gasteiger partial charge < -0.3 is 10.0 Å². The van der Waals surface area contributed by atoms with E-state index in [-0.39, 0.29) is 12.0 Å². The standard InChI is InChI=1S/C8H15NO2/c1-3-7-6(8(10)11)4-5-9(7)2/h6-7H,3-5H2,1-2H3,(H,10,11)/t6-,7-/m0/s1. The predicted octanol–water partition coefficient (Wildman–Crippen LogP) is 0.801. The van der Waals surface area contributed by atoms with E-state index in [1.165, 1.54) is 0 Å². The van der Waals surface area contributed by atoms with Crippen LogP contribution in [0.25, 0.3) is 0 Å². The fraction of sp³-hybridized carbons (Fsp3) is 0.875. The number of aliphatic carboxylic acids is 1. The van der Waals surface area contributed by atoms with Crippen LogP contribution in [0.3, 0.4) is 0 Å². The normalized spacial score (nSPS) is 32.5. The van der Waals surface area contributed by atoms with Gasteiger partial charge in [0, 0.05) is 6.04 Å². The Bertz CT molecular complexity index is 158. The third-order valence-corrected chi connectivity index (χ3v) is 2.56. The van der Waals surface area contributed by atoms with Gasteiger partial charge >= 0.3 is 5.97 Å². The van der Waals surface area contributed by atoms with Crippen molar-refractivity contribution >= 4 is 5.97 Å². The molecule has 0 spiro atoms. The highest BCUT2D eigenvalue weighted by molar-refractivity contribution is 5.71. The van der Waals surface area contributed by atoms with Crippen LogP contribution in [-0.4, -0.2) is 35.6 Å². The third kappa shape index (κ3) is 1.53. The summed E-state index contributed by atoms with van der Waals surface area (Å²) in [5, 5.41) is 8.81. The van der Waals surface area contributed by atoms with Gasteiger partial charge in [0.1, 0.15) is 0 Å². The van der Waals surface area contributed by atoms with E-state index in [2.05, 4.69) is 4.90 Å². The second-order valence-corrected chi connectivity index (χ2v) is 3.19. The van der Waals surface area contributed by atoms with Gasteiger partial charge in [0.05, 0.1) is 5.92 Å². The topological polar surface area (TPSA) is 40.5 Å². The summed E-state index contributed by atoms with van der Waals surface area (Å²) in [4.78, 5) is 12.8. The molecule has 0 bridgehead atoms. The second kappa shape index (κ2) is 3.22. The molecular formula is C8H15NO2. The molecule has 0 aromatic heterocycles. The minimum absolute atomic E-state index is 0.134. The Morgan fingerprint density at radius 3 is 2.73 bits per heavy atom. The maximum absolute atomic E-state index is 10.7. The van der Waals surface area contributed by atoms with Gasteiger partial charge in [-0.15, -0.1) is 0 Å². The molecule has 2 atom stereocenters. The van der Waals surface area contributed by atoms with E-state index in [1.54, 1.807) is 0 Å². The van der Waals surface area contributed by atoms with Crippen LogP contribution in [0, 0.1) is 5.92 Å². The predicted molar refractivity (Wildman–Crippen MR) is 42.5 cm³/mol. The van der Waals surface area contributed by atoms with Gasteiger partial charge in [-0.3, -0.25) is 4.79 Å². The number of likely N-dealkylation sites (tertiary alicyclic amines) is 1. The highest BCUT2D eigenvalue weighted by Gasteiger charge is 2.35. The van der Waals surface area contributed by atoms with Crippen LogP contribution in [-0.2, 0) is 4.79 Å². The molecule has 0 radical (unpaired) electrons. The molecule has 0 aliphatic carbocycles. The van der Waals surface area contributed by atoms with Crippen molar-refractivity contribution in [3.05, 3.63) is 0 Å². The van der Waals surface area contributed by atoms with Crippen molar-refractivity contribution in [3.8, 4) is 0 Å². The molecule has 1 aliphatic rings. The van der Waals surface area contributed by atoms with E-state index in [9.17, 15) is 4.79 Å². The molecule has 0 amide bonds. The maximum atomic E-state index is 10.7. The molecule has 1 fully saturated rings. The third-order valence-electron chi connectivity index (χ3n) is 2.56. The SMILES string of the molecule is CC[C@H]1[C@@H](C(=O)O)CCN1C. The number of rotatable bonds is 2. The minimum atomic E-state index is -0.638. The Labute approximate surface area is 67.0 Å². The summed E-state index contributed by atoms with van der Waals surface area (Å²) in [6.45, 7) is 2.97. The van der Waals surface area contributed by atoms with E-state index in [1.807, 2.05) is 14.0 Å². The summed E-state index contributed by atoms with van der Waals surface area (Å²) in [5.41, 5.74) is 0. The Morgan fingerprint density at radius 2 is 2.36 bits per heavy atom. The lowest BCUT2D eigenvalue weighted by molar-refractivity contribution is -0.142. The zero-order valence-electron chi connectivity index (χ0n) is 7.08. The Hall–Kier alpha value is -0.570. The van der Waals surface area contributed by atoms with Crippen LogP contribution in [0.1, 0.15) is 19.8 Å². The van der Waals surface area contributed by atoms with E-state index in [4.69, 9.17) is 5.11 Å². The number of carboxylic acids is 1. The number of hydrogen-bond acceptors (Lipinski definition) is 2. The summed E-state index contributed by atoms with van der Waals surface area (Å²) in [7, 11) is 2.00. The molecule has 0 aromatic rings. The number of nitrogens with zero attached hydrogens (tertiary/aromatic N) is 1. The van der Waals surface area contributed by atoms with Crippen LogP contribution < -0.4 is 0 Å². The van der Waals surface area contributed by atoms with Crippen molar-refractivity contribution in [3.63, 3.8) is 0 Å². The maximum Gasteiger partial charge on any atom is 0.308 e. The van der Waals surface area contributed by atoms with Crippen LogP contribution in [0.4, 0.5) is 0 Å². The molecule has 0 saturated carbocycles. The van der Waals surface area contributed by atoms with Crippen molar-refractivity contribution < 1.29 is 9.90 Å². The number of carbonyl (C=O) groups is 1. The first-order valence-electron chi connectivity index (χ1n) is 4.09. The Balaban J connectivity index is 2.61. The highest BCUT2D eigenvalue weighted by atomic mass is 16.4. The molecule has 0 unspecified atom stereocenters. The first-order valence-corrected chi connectivity index (χ1v) is 4.09. The molecular weight excluding hydrogens is 142 g/mol. The van der Waals surface area contributed by atoms with Crippen LogP contribution >= 0.6 is 0 Å². The number of hydrogen-bond donors (Lipinski definition) is 1. The summed E-state index contributed by atoms with van der Waals surface area (Å²) in [5.74, 6) is -0.772. The van der Waals surface area contributed by atoms with Gasteiger partial charge in [-0.05, 0) is 26.4 Å². The summed E-state index contributed by atoms with van der Waals surface area (Å²) in [6.07, 6.45) is 1.75. The van der Waals surface area contributed by atoms with Gasteiger partial charge in [-0.2, -0.15) is 0 Å². The largest absolute Gasteiger partial charge is 0.481 e. The van der Waals surface area contributed by atoms with E-state index < -0.39 is 5.97 Å². The molecule has 1 saturated heterocycles. The van der Waals surface area contributed by atoms with Crippen LogP contribution in [0.5, 0.6) is 0 Å². The molecule has 3 nitrogen and oxygen atoms in total. The summed E-state index contributed by atoms with van der Waals surface area (Å²) in [6, 6.07) is 0.257. The van der Waals surface area contributed by atoms with Crippen LogP contribution in [0.2, 0.25) is 0 Å². The molecule has 3 heteroatoms. The van der Waals surface area contributed by atoms with E-state index in [0.29, 0.717) is 0 Å². The highest BCUT2D eigenvalue weighted by Crippen LogP contribution is 2.24. The number of carboxylic acid groups (broad SMARTS) is 1. The second-order valence-electron chi connectivity index (χ2n) is 3.19. The lowest BCUT2D eigenvalue weighted by Gasteiger charge is -2.20. The van der Waals surface area contributed by atoms with Crippen molar-refractivity contribution in [2.24, 2.45) is 5.92 Å². The molecule has 64 valence electrons. The van der Waals surface area contributed by atoms with Crippen molar-refractivity contribution in [2.75, 3.05) is 13.6 Å². The zero-order valence-corrected chi connectivity index (χ0v) is 7.08. The molecule has 1 heterocycles. The summed E-state index contributed by atoms with van der Waals surface area (Å²) < 4.78 is 0. The Morgan fingerprint density at radius 1 is 1.73 bits per heavy atom. The fourth-order valence-electron chi connectivity index (χ4n) is 1.89. The van der Waals surface area contributed by atoms with Gasteiger partial charge in [-0.1, -0.05) is 6.92 Å². The molecule has 1 rings (SSSR count). The van der Waals surface area contributed by atoms with Crippen molar-refractivity contribution in [1.82, 2.24) is 4.90 Å². The quantitative estimate of drug-likeness (QED) is 0.644. The van der Waals surface area contributed by atoms with Gasteiger partial charge in [0.25, 0.3) is 0 Å². The molecule has 0 aromatic carbocycles. The van der Waals surface area contributed by atoms with Gasteiger partial charge in [-0.25, -0.2) is 0 Å². The van der Waals surface area contributed by atoms with Gasteiger partial charge in [0.2, 0.25) is 0 Å². The lowest BCUT2D eigenvalue weighted by atomic mass is 9.99. The first kappa shape index (κ1) is 8.53. The average molecular weight is 157 g/mol. The molecule has 1 N–H and O–H groups in total. The van der Waals surface area contributed by atoms with Crippen molar-refractivity contribution in [2.45, 2.75) is 25.8 Å². The molecule has 1 aliphatic heterocycles. The monoisotopic (exact) mass is 157 g/mol. The smallest absolute Gasteiger partial charge is 0.308 e. The van der Waals surface area contributed by atoms with E-state index in [0.717, 1.165) is 19.4 Å². The van der Waals surface area contributed by atoms with Crippen molar-refractivity contribution in [1.29, 1.82) is 0 Å². The lowest BCUT2D eigenvalue weighted by Crippen LogP contribution is -2.32. The first-order chi connectivity index (χ1) is 5.16. The average Bonchev–Trinajstić information content (AvgIpc) is 2.30. The fourth-order valence-corrected chi connectivity index (χ4v) is 1.89. The van der Waals surface area contributed by atoms with E-state index >= 15 is 0 Å². The molecule has 11 heavy (non-hydrogen) atoms. The summed E-state index contributed by atoms with van der Waals surface area (Å²) >= 11 is 0. The Kier molecular flexibility index (Phi) is 2.49. The van der Waals surface area contributed by atoms with Crippen LogP contribution in [0.15, 0.2) is 0 Å². The zero-order chi connectivity index (χ0) is 8.43. The van der Waals surface area contributed by atoms with Gasteiger partial charge in [0.15, 0.2) is 0 Å².